The lowest BCUT2D eigenvalue weighted by Gasteiger charge is -2.27. The molecule has 1 aromatic rings. The molecule has 106 valence electrons. The highest BCUT2D eigenvalue weighted by molar-refractivity contribution is 8.00. The number of rotatable bonds is 5. The third-order valence-electron chi connectivity index (χ3n) is 3.92. The van der Waals surface area contributed by atoms with E-state index < -0.39 is 10.0 Å². The lowest BCUT2D eigenvalue weighted by atomic mass is 10.1. The Morgan fingerprint density at radius 2 is 1.89 bits per heavy atom. The summed E-state index contributed by atoms with van der Waals surface area (Å²) < 4.78 is 27.6. The van der Waals surface area contributed by atoms with Crippen LogP contribution in [0.4, 0.5) is 0 Å². The summed E-state index contributed by atoms with van der Waals surface area (Å²) in [5, 5.41) is 0. The molecule has 1 aliphatic carbocycles. The predicted molar refractivity (Wildman–Crippen MR) is 81.1 cm³/mol. The second kappa shape index (κ2) is 5.85. The van der Waals surface area contributed by atoms with Gasteiger partial charge in [0.1, 0.15) is 0 Å². The molecule has 3 nitrogen and oxygen atoms in total. The van der Waals surface area contributed by atoms with Crippen molar-refractivity contribution in [1.29, 1.82) is 0 Å². The van der Waals surface area contributed by atoms with Crippen molar-refractivity contribution < 1.29 is 8.42 Å². The van der Waals surface area contributed by atoms with Crippen LogP contribution in [0.25, 0.3) is 0 Å². The summed E-state index contributed by atoms with van der Waals surface area (Å²) >= 11 is 1.79. The summed E-state index contributed by atoms with van der Waals surface area (Å²) in [5.74, 6) is 0. The minimum atomic E-state index is -3.39. The number of sulfonamides is 1. The van der Waals surface area contributed by atoms with Gasteiger partial charge in [-0.1, -0.05) is 31.0 Å². The Morgan fingerprint density at radius 1 is 1.26 bits per heavy atom. The zero-order valence-corrected chi connectivity index (χ0v) is 13.1. The van der Waals surface area contributed by atoms with Crippen LogP contribution in [0.3, 0.4) is 0 Å². The number of nitrogens with one attached hydrogen (secondary N) is 1. The topological polar surface area (TPSA) is 46.2 Å². The van der Waals surface area contributed by atoms with Gasteiger partial charge >= 0.3 is 0 Å². The Balaban J connectivity index is 2.12. The monoisotopic (exact) mass is 299 g/mol. The molecule has 1 aromatic carbocycles. The molecule has 0 atom stereocenters. The zero-order valence-electron chi connectivity index (χ0n) is 11.5. The summed E-state index contributed by atoms with van der Waals surface area (Å²) in [7, 11) is -3.39. The van der Waals surface area contributed by atoms with Crippen molar-refractivity contribution in [3.05, 3.63) is 29.8 Å². The molecule has 0 heterocycles. The molecule has 1 N–H and O–H groups in total. The molecule has 0 bridgehead atoms. The Morgan fingerprint density at radius 3 is 2.47 bits per heavy atom. The van der Waals surface area contributed by atoms with Crippen molar-refractivity contribution in [1.82, 2.24) is 4.72 Å². The van der Waals surface area contributed by atoms with Gasteiger partial charge in [0.2, 0.25) is 10.0 Å². The fraction of sp³-hybridized carbons (Fsp3) is 0.571. The first kappa shape index (κ1) is 14.9. The average molecular weight is 299 g/mol. The van der Waals surface area contributed by atoms with Crippen LogP contribution in [0, 0.1) is 6.92 Å². The zero-order chi connectivity index (χ0) is 13.9. The van der Waals surface area contributed by atoms with Crippen molar-refractivity contribution >= 4 is 21.8 Å². The second-order valence-corrected chi connectivity index (χ2v) is 8.19. The molecule has 0 radical (unpaired) electrons. The highest BCUT2D eigenvalue weighted by Gasteiger charge is 2.34. The van der Waals surface area contributed by atoms with Crippen molar-refractivity contribution in [2.45, 2.75) is 42.2 Å². The quantitative estimate of drug-likeness (QED) is 0.909. The first-order valence-corrected chi connectivity index (χ1v) is 9.30. The highest BCUT2D eigenvalue weighted by atomic mass is 32.2. The summed E-state index contributed by atoms with van der Waals surface area (Å²) in [6, 6.07) is 7.11. The maximum atomic E-state index is 12.3. The molecule has 0 unspecified atom stereocenters. The number of hydrogen-bond acceptors (Lipinski definition) is 3. The van der Waals surface area contributed by atoms with Gasteiger partial charge in [-0.25, -0.2) is 13.1 Å². The van der Waals surface area contributed by atoms with E-state index in [-0.39, 0.29) is 4.75 Å². The van der Waals surface area contributed by atoms with E-state index in [4.69, 9.17) is 0 Å². The maximum absolute atomic E-state index is 12.3. The van der Waals surface area contributed by atoms with Crippen LogP contribution in [0.2, 0.25) is 0 Å². The minimum Gasteiger partial charge on any atom is -0.210 e. The second-order valence-electron chi connectivity index (χ2n) is 5.18. The lowest BCUT2D eigenvalue weighted by Crippen LogP contribution is -2.38. The van der Waals surface area contributed by atoms with Crippen molar-refractivity contribution in [3.63, 3.8) is 0 Å². The van der Waals surface area contributed by atoms with Gasteiger partial charge in [-0.05, 0) is 37.7 Å². The molecule has 1 aliphatic rings. The standard InChI is InChI=1S/C14H21NO2S2/c1-12-7-3-4-8-13(12)19(16,17)15-11-14(18-2)9-5-6-10-14/h3-4,7-8,15H,5-6,9-11H2,1-2H3. The Kier molecular flexibility index (Phi) is 4.58. The molecular weight excluding hydrogens is 278 g/mol. The van der Waals surface area contributed by atoms with Gasteiger partial charge in [0.15, 0.2) is 0 Å². The molecule has 1 fully saturated rings. The van der Waals surface area contributed by atoms with Gasteiger partial charge in [0.05, 0.1) is 4.90 Å². The van der Waals surface area contributed by atoms with Gasteiger partial charge in [-0.15, -0.1) is 0 Å². The predicted octanol–water partition coefficient (Wildman–Crippen LogP) is 2.95. The normalized spacial score (nSPS) is 18.6. The van der Waals surface area contributed by atoms with Crippen molar-refractivity contribution in [2.24, 2.45) is 0 Å². The Labute approximate surface area is 120 Å². The van der Waals surface area contributed by atoms with E-state index in [1.807, 2.05) is 19.1 Å². The number of aryl methyl sites for hydroxylation is 1. The Bertz CT molecular complexity index is 534. The molecular formula is C14H21NO2S2. The van der Waals surface area contributed by atoms with Crippen LogP contribution >= 0.6 is 11.8 Å². The van der Waals surface area contributed by atoms with Crippen LogP contribution in [0.15, 0.2) is 29.2 Å². The molecule has 0 saturated heterocycles. The number of benzene rings is 1. The Hall–Kier alpha value is -0.520. The van der Waals surface area contributed by atoms with Crippen LogP contribution in [-0.4, -0.2) is 26.0 Å². The smallest absolute Gasteiger partial charge is 0.210 e. The van der Waals surface area contributed by atoms with Crippen LogP contribution in [0.5, 0.6) is 0 Å². The van der Waals surface area contributed by atoms with Gasteiger partial charge < -0.3 is 0 Å². The largest absolute Gasteiger partial charge is 0.240 e. The van der Waals surface area contributed by atoms with Crippen LogP contribution in [0.1, 0.15) is 31.2 Å². The minimum absolute atomic E-state index is 0.0930. The van der Waals surface area contributed by atoms with E-state index in [0.29, 0.717) is 11.4 Å². The molecule has 0 aliphatic heterocycles. The van der Waals surface area contributed by atoms with Gasteiger partial charge in [0, 0.05) is 11.3 Å². The first-order valence-electron chi connectivity index (χ1n) is 6.60. The third-order valence-corrected chi connectivity index (χ3v) is 6.90. The molecule has 0 amide bonds. The maximum Gasteiger partial charge on any atom is 0.240 e. The average Bonchev–Trinajstić information content (AvgIpc) is 2.86. The van der Waals surface area contributed by atoms with E-state index in [1.54, 1.807) is 23.9 Å². The molecule has 5 heteroatoms. The fourth-order valence-corrected chi connectivity index (χ4v) is 5.01. The van der Waals surface area contributed by atoms with Crippen LogP contribution < -0.4 is 4.72 Å². The molecule has 0 aromatic heterocycles. The lowest BCUT2D eigenvalue weighted by molar-refractivity contribution is 0.551. The number of hydrogen-bond donors (Lipinski definition) is 1. The molecule has 0 spiro atoms. The van der Waals surface area contributed by atoms with Crippen molar-refractivity contribution in [2.75, 3.05) is 12.8 Å². The summed E-state index contributed by atoms with van der Waals surface area (Å²) in [5.41, 5.74) is 0.791. The first-order chi connectivity index (χ1) is 8.99. The van der Waals surface area contributed by atoms with E-state index in [9.17, 15) is 8.42 Å². The summed E-state index contributed by atoms with van der Waals surface area (Å²) in [6.45, 7) is 2.36. The van der Waals surface area contributed by atoms with Crippen LogP contribution in [-0.2, 0) is 10.0 Å². The van der Waals surface area contributed by atoms with Gasteiger partial charge in [-0.2, -0.15) is 11.8 Å². The fourth-order valence-electron chi connectivity index (χ4n) is 2.63. The van der Waals surface area contributed by atoms with E-state index in [0.717, 1.165) is 18.4 Å². The SMILES string of the molecule is CSC1(CNS(=O)(=O)c2ccccc2C)CCCC1. The van der Waals surface area contributed by atoms with Gasteiger partial charge in [0.25, 0.3) is 0 Å². The van der Waals surface area contributed by atoms with E-state index in [1.165, 1.54) is 12.8 Å². The van der Waals surface area contributed by atoms with Gasteiger partial charge in [-0.3, -0.25) is 0 Å². The summed E-state index contributed by atoms with van der Waals surface area (Å²) in [4.78, 5) is 0.393. The molecule has 19 heavy (non-hydrogen) atoms. The molecule has 2 rings (SSSR count). The van der Waals surface area contributed by atoms with E-state index >= 15 is 0 Å². The number of thioether (sulfide) groups is 1. The third kappa shape index (κ3) is 3.33. The van der Waals surface area contributed by atoms with E-state index in [2.05, 4.69) is 11.0 Å². The summed E-state index contributed by atoms with van der Waals surface area (Å²) in [6.07, 6.45) is 6.68. The molecule has 1 saturated carbocycles. The van der Waals surface area contributed by atoms with Crippen molar-refractivity contribution in [3.8, 4) is 0 Å². The highest BCUT2D eigenvalue weighted by Crippen LogP contribution is 2.39.